The minimum Gasteiger partial charge on any atom is -0.328 e. The van der Waals surface area contributed by atoms with E-state index in [1.165, 1.54) is 11.8 Å². The van der Waals surface area contributed by atoms with Crippen molar-refractivity contribution in [2.75, 3.05) is 19.3 Å². The largest absolute Gasteiger partial charge is 0.328 e. The van der Waals surface area contributed by atoms with Gasteiger partial charge in [-0.1, -0.05) is 11.8 Å². The quantitative estimate of drug-likeness (QED) is 0.635. The van der Waals surface area contributed by atoms with Crippen LogP contribution < -0.4 is 5.32 Å². The van der Waals surface area contributed by atoms with E-state index in [1.54, 1.807) is 6.20 Å². The molecule has 0 saturated carbocycles. The predicted molar refractivity (Wildman–Crippen MR) is 69.6 cm³/mol. The summed E-state index contributed by atoms with van der Waals surface area (Å²) in [6.07, 6.45) is 5.83. The first-order chi connectivity index (χ1) is 8.79. The van der Waals surface area contributed by atoms with E-state index < -0.39 is 0 Å². The first kappa shape index (κ1) is 11.9. The fourth-order valence-corrected chi connectivity index (χ4v) is 2.94. The molecule has 0 aliphatic carbocycles. The summed E-state index contributed by atoms with van der Waals surface area (Å²) in [5, 5.41) is 4.09. The lowest BCUT2D eigenvalue weighted by Crippen LogP contribution is -2.46. The van der Waals surface area contributed by atoms with Crippen molar-refractivity contribution >= 4 is 17.7 Å². The number of nitrogens with one attached hydrogen (secondary N) is 1. The number of rotatable bonds is 2. The van der Waals surface area contributed by atoms with E-state index in [4.69, 9.17) is 0 Å². The summed E-state index contributed by atoms with van der Waals surface area (Å²) in [6.45, 7) is 2.58. The molecule has 1 N–H and O–H groups in total. The van der Waals surface area contributed by atoms with E-state index in [2.05, 4.69) is 15.3 Å². The molecule has 2 aliphatic heterocycles. The molecule has 1 saturated heterocycles. The molecule has 1 aromatic heterocycles. The molecule has 1 aromatic rings. The molecule has 1 amide bonds. The van der Waals surface area contributed by atoms with Crippen LogP contribution in [0.5, 0.6) is 0 Å². The van der Waals surface area contributed by atoms with Crippen molar-refractivity contribution in [2.24, 2.45) is 0 Å². The molecule has 3 heterocycles. The van der Waals surface area contributed by atoms with Gasteiger partial charge in [-0.15, -0.1) is 0 Å². The highest BCUT2D eigenvalue weighted by Crippen LogP contribution is 2.26. The second-order valence-corrected chi connectivity index (χ2v) is 5.42. The maximum atomic E-state index is 12.3. The molecule has 0 spiro atoms. The van der Waals surface area contributed by atoms with Gasteiger partial charge >= 0.3 is 0 Å². The van der Waals surface area contributed by atoms with Crippen LogP contribution >= 0.6 is 11.8 Å². The average Bonchev–Trinajstić information content (AvgIpc) is 2.76. The van der Waals surface area contributed by atoms with E-state index >= 15 is 0 Å². The molecule has 3 rings (SSSR count). The van der Waals surface area contributed by atoms with E-state index in [1.807, 2.05) is 11.2 Å². The molecule has 1 atom stereocenters. The third-order valence-electron chi connectivity index (χ3n) is 3.55. The van der Waals surface area contributed by atoms with Gasteiger partial charge in [0.05, 0.1) is 17.8 Å². The number of aromatic nitrogens is 2. The molecule has 0 radical (unpaired) electrons. The van der Waals surface area contributed by atoms with Crippen LogP contribution in [0.25, 0.3) is 0 Å². The van der Waals surface area contributed by atoms with Gasteiger partial charge < -0.3 is 10.2 Å². The van der Waals surface area contributed by atoms with Crippen LogP contribution in [0.15, 0.2) is 11.4 Å². The highest BCUT2D eigenvalue weighted by molar-refractivity contribution is 7.98. The van der Waals surface area contributed by atoms with Gasteiger partial charge in [0.1, 0.15) is 0 Å². The van der Waals surface area contributed by atoms with Crippen LogP contribution in [0, 0.1) is 0 Å². The minimum absolute atomic E-state index is 0.0892. The van der Waals surface area contributed by atoms with Crippen molar-refractivity contribution in [1.82, 2.24) is 20.2 Å². The third kappa shape index (κ3) is 1.99. The normalized spacial score (nSPS) is 23.3. The summed E-state index contributed by atoms with van der Waals surface area (Å²) in [6, 6.07) is 0.304. The number of piperidine rings is 1. The Labute approximate surface area is 110 Å². The predicted octanol–water partition coefficient (Wildman–Crippen LogP) is 0.906. The summed E-state index contributed by atoms with van der Waals surface area (Å²) >= 11 is 1.51. The number of nitrogens with zero attached hydrogens (tertiary/aromatic N) is 3. The fourth-order valence-electron chi connectivity index (χ4n) is 2.58. The Bertz CT molecular complexity index is 473. The third-order valence-corrected chi connectivity index (χ3v) is 4.11. The van der Waals surface area contributed by atoms with Gasteiger partial charge in [0, 0.05) is 18.8 Å². The summed E-state index contributed by atoms with van der Waals surface area (Å²) in [4.78, 5) is 22.9. The summed E-state index contributed by atoms with van der Waals surface area (Å²) in [5.74, 6) is 0.0892. The van der Waals surface area contributed by atoms with Crippen molar-refractivity contribution in [1.29, 1.82) is 0 Å². The van der Waals surface area contributed by atoms with Crippen LogP contribution in [-0.4, -0.2) is 46.2 Å². The number of carbonyl (C=O) groups is 1. The highest BCUT2D eigenvalue weighted by Gasteiger charge is 2.34. The molecule has 0 aromatic carbocycles. The fraction of sp³-hybridized carbons (Fsp3) is 0.583. The Kier molecular flexibility index (Phi) is 3.22. The SMILES string of the molecule is CSc1ncc2c(n1)CN([C@H]1CCCNC1)C2=O. The van der Waals surface area contributed by atoms with Gasteiger partial charge in [-0.25, -0.2) is 9.97 Å². The number of hydrogen-bond acceptors (Lipinski definition) is 5. The average molecular weight is 264 g/mol. The monoisotopic (exact) mass is 264 g/mol. The Morgan fingerprint density at radius 3 is 3.17 bits per heavy atom. The highest BCUT2D eigenvalue weighted by atomic mass is 32.2. The van der Waals surface area contributed by atoms with Crippen LogP contribution in [0.2, 0.25) is 0 Å². The van der Waals surface area contributed by atoms with Gasteiger partial charge in [0.2, 0.25) is 0 Å². The van der Waals surface area contributed by atoms with Crippen molar-refractivity contribution < 1.29 is 4.79 Å². The molecule has 5 nitrogen and oxygen atoms in total. The van der Waals surface area contributed by atoms with Crippen molar-refractivity contribution in [2.45, 2.75) is 30.6 Å². The zero-order valence-corrected chi connectivity index (χ0v) is 11.2. The summed E-state index contributed by atoms with van der Waals surface area (Å²) < 4.78 is 0. The number of thioether (sulfide) groups is 1. The Hall–Kier alpha value is -1.14. The minimum atomic E-state index is 0.0892. The van der Waals surface area contributed by atoms with E-state index in [9.17, 15) is 4.79 Å². The first-order valence-corrected chi connectivity index (χ1v) is 7.43. The zero-order chi connectivity index (χ0) is 12.5. The van der Waals surface area contributed by atoms with E-state index in [0.29, 0.717) is 18.2 Å². The van der Waals surface area contributed by atoms with Crippen molar-refractivity contribution in [3.05, 3.63) is 17.5 Å². The zero-order valence-electron chi connectivity index (χ0n) is 10.3. The number of fused-ring (bicyclic) bond motifs is 1. The van der Waals surface area contributed by atoms with Gasteiger partial charge in [0.25, 0.3) is 5.91 Å². The Balaban J connectivity index is 1.83. The number of hydrogen-bond donors (Lipinski definition) is 1. The lowest BCUT2D eigenvalue weighted by molar-refractivity contribution is 0.0673. The first-order valence-electron chi connectivity index (χ1n) is 6.21. The molecule has 1 fully saturated rings. The van der Waals surface area contributed by atoms with Crippen LogP contribution in [0.4, 0.5) is 0 Å². The van der Waals surface area contributed by atoms with Gasteiger partial charge in [-0.2, -0.15) is 0 Å². The standard InChI is InChI=1S/C12H16N4OS/c1-18-12-14-6-9-10(15-12)7-16(11(9)17)8-3-2-4-13-5-8/h6,8,13H,2-5,7H2,1H3/t8-/m0/s1. The van der Waals surface area contributed by atoms with Crippen molar-refractivity contribution in [3.63, 3.8) is 0 Å². The maximum Gasteiger partial charge on any atom is 0.258 e. The van der Waals surface area contributed by atoms with Gasteiger partial charge in [-0.05, 0) is 25.6 Å². The van der Waals surface area contributed by atoms with Crippen LogP contribution in [0.1, 0.15) is 28.9 Å². The number of amides is 1. The van der Waals surface area contributed by atoms with Gasteiger partial charge in [-0.3, -0.25) is 4.79 Å². The molecule has 18 heavy (non-hydrogen) atoms. The molecule has 2 aliphatic rings. The van der Waals surface area contributed by atoms with Crippen molar-refractivity contribution in [3.8, 4) is 0 Å². The molecule has 0 bridgehead atoms. The molecular weight excluding hydrogens is 248 g/mol. The Morgan fingerprint density at radius 1 is 1.56 bits per heavy atom. The molecule has 6 heteroatoms. The second-order valence-electron chi connectivity index (χ2n) is 4.65. The number of carbonyl (C=O) groups excluding carboxylic acids is 1. The van der Waals surface area contributed by atoms with Gasteiger partial charge in [0.15, 0.2) is 5.16 Å². The lowest BCUT2D eigenvalue weighted by Gasteiger charge is -2.31. The second kappa shape index (κ2) is 4.85. The molecule has 96 valence electrons. The summed E-state index contributed by atoms with van der Waals surface area (Å²) in [7, 11) is 0. The molecule has 0 unspecified atom stereocenters. The van der Waals surface area contributed by atoms with E-state index in [0.717, 1.165) is 36.8 Å². The van der Waals surface area contributed by atoms with Crippen LogP contribution in [-0.2, 0) is 6.54 Å². The van der Waals surface area contributed by atoms with E-state index in [-0.39, 0.29) is 5.91 Å². The molecular formula is C12H16N4OS. The smallest absolute Gasteiger partial charge is 0.258 e. The van der Waals surface area contributed by atoms with Crippen LogP contribution in [0.3, 0.4) is 0 Å². The summed E-state index contributed by atoms with van der Waals surface area (Å²) in [5.41, 5.74) is 1.56. The lowest BCUT2D eigenvalue weighted by atomic mass is 10.1. The maximum absolute atomic E-state index is 12.3. The topological polar surface area (TPSA) is 58.1 Å². The Morgan fingerprint density at radius 2 is 2.44 bits per heavy atom.